The van der Waals surface area contributed by atoms with Crippen LogP contribution < -0.4 is 5.32 Å². The molecular formula is C21H25F5N4O2. The molecule has 6 rings (SSSR count). The van der Waals surface area contributed by atoms with Crippen molar-refractivity contribution in [1.82, 2.24) is 14.9 Å². The van der Waals surface area contributed by atoms with Crippen LogP contribution in [0.25, 0.3) is 0 Å². The van der Waals surface area contributed by atoms with E-state index >= 15 is 0 Å². The minimum Gasteiger partial charge on any atom is -0.378 e. The van der Waals surface area contributed by atoms with Gasteiger partial charge >= 0.3 is 6.18 Å². The number of alkyl halides is 5. The number of hydrogen-bond donors (Lipinski definition) is 1. The Morgan fingerprint density at radius 3 is 2.59 bits per heavy atom. The number of nitrogens with one attached hydrogen (secondary N) is 1. The summed E-state index contributed by atoms with van der Waals surface area (Å²) in [6.45, 7) is 0.892. The van der Waals surface area contributed by atoms with Crippen LogP contribution in [0.2, 0.25) is 0 Å². The molecule has 4 unspecified atom stereocenters. The Hall–Kier alpha value is -2.04. The molecule has 176 valence electrons. The Balaban J connectivity index is 1.44. The predicted octanol–water partition coefficient (Wildman–Crippen LogP) is 3.98. The highest BCUT2D eigenvalue weighted by atomic mass is 19.4. The van der Waals surface area contributed by atoms with Crippen LogP contribution in [0, 0.1) is 17.8 Å². The summed E-state index contributed by atoms with van der Waals surface area (Å²) in [6.07, 6.45) is -1.48. The number of rotatable bonds is 3. The van der Waals surface area contributed by atoms with E-state index in [0.717, 1.165) is 6.20 Å². The highest BCUT2D eigenvalue weighted by molar-refractivity contribution is 5.95. The Morgan fingerprint density at radius 2 is 1.88 bits per heavy atom. The van der Waals surface area contributed by atoms with E-state index in [9.17, 15) is 26.7 Å². The summed E-state index contributed by atoms with van der Waals surface area (Å²) < 4.78 is 76.1. The maximum atomic E-state index is 14.8. The zero-order valence-corrected chi connectivity index (χ0v) is 17.4. The predicted molar refractivity (Wildman–Crippen MR) is 103 cm³/mol. The van der Waals surface area contributed by atoms with Crippen LogP contribution >= 0.6 is 0 Å². The number of morpholine rings is 1. The molecule has 5 fully saturated rings. The third kappa shape index (κ3) is 3.72. The summed E-state index contributed by atoms with van der Waals surface area (Å²) in [5.74, 6) is -5.13. The molecule has 4 atom stereocenters. The van der Waals surface area contributed by atoms with Crippen molar-refractivity contribution < 1.29 is 31.5 Å². The molecule has 1 aromatic heterocycles. The fraction of sp³-hybridized carbons (Fsp3) is 0.762. The van der Waals surface area contributed by atoms with Crippen LogP contribution in [0.1, 0.15) is 54.6 Å². The van der Waals surface area contributed by atoms with Gasteiger partial charge in [-0.05, 0) is 44.4 Å². The van der Waals surface area contributed by atoms with Crippen LogP contribution in [0.4, 0.5) is 27.9 Å². The van der Waals surface area contributed by atoms with E-state index in [0.29, 0.717) is 32.1 Å². The van der Waals surface area contributed by atoms with Crippen molar-refractivity contribution in [2.24, 2.45) is 17.8 Å². The molecule has 5 aliphatic rings. The minimum absolute atomic E-state index is 0.123. The van der Waals surface area contributed by atoms with Gasteiger partial charge < -0.3 is 15.0 Å². The van der Waals surface area contributed by atoms with Crippen LogP contribution in [0.3, 0.4) is 0 Å². The molecule has 4 saturated carbocycles. The van der Waals surface area contributed by atoms with Gasteiger partial charge in [-0.15, -0.1) is 0 Å². The molecule has 6 nitrogen and oxygen atoms in total. The Labute approximate surface area is 181 Å². The van der Waals surface area contributed by atoms with Gasteiger partial charge in [0.2, 0.25) is 5.95 Å². The van der Waals surface area contributed by atoms with Crippen molar-refractivity contribution in [3.05, 3.63) is 17.5 Å². The van der Waals surface area contributed by atoms with Crippen molar-refractivity contribution in [1.29, 1.82) is 0 Å². The minimum atomic E-state index is -4.86. The zero-order valence-electron chi connectivity index (χ0n) is 17.4. The molecule has 4 bridgehead atoms. The van der Waals surface area contributed by atoms with Crippen LogP contribution in [-0.4, -0.2) is 58.5 Å². The number of carbonyl (C=O) groups excluding carboxylic acids is 1. The number of anilines is 1. The van der Waals surface area contributed by atoms with Gasteiger partial charge in [-0.1, -0.05) is 0 Å². The second kappa shape index (κ2) is 7.50. The topological polar surface area (TPSA) is 67.4 Å². The zero-order chi connectivity index (χ0) is 22.7. The quantitative estimate of drug-likeness (QED) is 0.692. The van der Waals surface area contributed by atoms with E-state index in [4.69, 9.17) is 4.74 Å². The first-order valence-corrected chi connectivity index (χ1v) is 11.0. The fourth-order valence-corrected chi connectivity index (χ4v) is 6.16. The summed E-state index contributed by atoms with van der Waals surface area (Å²) in [5, 5.41) is 3.02. The number of fused-ring (bicyclic) bond motifs is 1. The molecule has 1 aromatic rings. The molecule has 1 amide bonds. The lowest BCUT2D eigenvalue weighted by atomic mass is 9.63. The Kier molecular flexibility index (Phi) is 5.10. The van der Waals surface area contributed by atoms with Gasteiger partial charge in [0.15, 0.2) is 5.69 Å². The second-order valence-corrected chi connectivity index (χ2v) is 9.62. The lowest BCUT2D eigenvalue weighted by Gasteiger charge is -2.48. The number of halogens is 5. The van der Waals surface area contributed by atoms with Gasteiger partial charge in [0.05, 0.1) is 18.8 Å². The molecule has 1 N–H and O–H groups in total. The van der Waals surface area contributed by atoms with Gasteiger partial charge in [-0.25, -0.2) is 18.7 Å². The van der Waals surface area contributed by atoms with Crippen molar-refractivity contribution in [3.63, 3.8) is 0 Å². The maximum absolute atomic E-state index is 14.8. The number of nitrogens with zero attached hydrogens (tertiary/aromatic N) is 3. The smallest absolute Gasteiger partial charge is 0.378 e. The van der Waals surface area contributed by atoms with E-state index in [2.05, 4.69) is 15.3 Å². The normalized spacial score (nSPS) is 33.8. The molecule has 2 heterocycles. The molecule has 4 aliphatic carbocycles. The lowest BCUT2D eigenvalue weighted by Crippen LogP contribution is -2.51. The third-order valence-electron chi connectivity index (χ3n) is 7.58. The van der Waals surface area contributed by atoms with Crippen molar-refractivity contribution in [3.8, 4) is 0 Å². The van der Waals surface area contributed by atoms with Crippen molar-refractivity contribution >= 4 is 11.9 Å². The first kappa shape index (κ1) is 21.8. The molecule has 0 aromatic carbocycles. The Bertz CT molecular complexity index is 905. The largest absolute Gasteiger partial charge is 0.434 e. The molecule has 32 heavy (non-hydrogen) atoms. The first-order valence-electron chi connectivity index (χ1n) is 11.0. The molecule has 1 aliphatic heterocycles. The number of amides is 1. The maximum Gasteiger partial charge on any atom is 0.434 e. The van der Waals surface area contributed by atoms with Gasteiger partial charge in [0.1, 0.15) is 0 Å². The van der Waals surface area contributed by atoms with Gasteiger partial charge in [-0.2, -0.15) is 13.2 Å². The summed E-state index contributed by atoms with van der Waals surface area (Å²) in [5.41, 5.74) is -2.67. The van der Waals surface area contributed by atoms with Crippen molar-refractivity contribution in [2.45, 2.75) is 56.2 Å². The number of carbonyl (C=O) groups is 1. The third-order valence-corrected chi connectivity index (χ3v) is 7.58. The van der Waals surface area contributed by atoms with Crippen LogP contribution in [0.5, 0.6) is 0 Å². The number of ether oxygens (including phenoxy) is 1. The number of aromatic nitrogens is 2. The molecule has 0 spiro atoms. The average molecular weight is 460 g/mol. The van der Waals surface area contributed by atoms with Gasteiger partial charge in [0.25, 0.3) is 11.8 Å². The van der Waals surface area contributed by atoms with Gasteiger partial charge in [0, 0.05) is 36.7 Å². The molecular weight excluding hydrogens is 435 g/mol. The van der Waals surface area contributed by atoms with Crippen LogP contribution in [0.15, 0.2) is 6.20 Å². The standard InChI is InChI=1S/C21H25F5N4O2/c22-20(23)13-1-2-19(9-12(7-13)8-14(20)10-19)29-18-27-11-15(16(28-18)21(24,25)26)17(31)30-3-5-32-6-4-30/h11-14H,1-10H2,(H,27,28,29). The van der Waals surface area contributed by atoms with E-state index in [1.54, 1.807) is 0 Å². The van der Waals surface area contributed by atoms with Crippen molar-refractivity contribution in [2.75, 3.05) is 31.6 Å². The second-order valence-electron chi connectivity index (χ2n) is 9.62. The lowest BCUT2D eigenvalue weighted by molar-refractivity contribution is -0.152. The Morgan fingerprint density at radius 1 is 1.16 bits per heavy atom. The highest BCUT2D eigenvalue weighted by Crippen LogP contribution is 2.59. The molecule has 1 saturated heterocycles. The van der Waals surface area contributed by atoms with E-state index < -0.39 is 46.6 Å². The summed E-state index contributed by atoms with van der Waals surface area (Å²) in [6, 6.07) is 0. The van der Waals surface area contributed by atoms with E-state index in [1.165, 1.54) is 4.90 Å². The summed E-state index contributed by atoms with van der Waals surface area (Å²) in [4.78, 5) is 21.7. The van der Waals surface area contributed by atoms with Gasteiger partial charge in [-0.3, -0.25) is 4.79 Å². The molecule has 11 heteroatoms. The summed E-state index contributed by atoms with van der Waals surface area (Å²) in [7, 11) is 0. The molecule has 0 radical (unpaired) electrons. The summed E-state index contributed by atoms with van der Waals surface area (Å²) >= 11 is 0. The fourth-order valence-electron chi connectivity index (χ4n) is 6.16. The SMILES string of the molecule is O=C(c1cnc(NC23CCC4CC(CC(C2)C4(F)F)C3)nc1C(F)(F)F)N1CCOCC1. The van der Waals surface area contributed by atoms with E-state index in [1.807, 2.05) is 0 Å². The number of hydrogen-bond acceptors (Lipinski definition) is 5. The average Bonchev–Trinajstić information content (AvgIpc) is 2.91. The van der Waals surface area contributed by atoms with Crippen LogP contribution in [-0.2, 0) is 10.9 Å². The first-order chi connectivity index (χ1) is 15.1. The van der Waals surface area contributed by atoms with E-state index in [-0.39, 0.29) is 44.6 Å². The monoisotopic (exact) mass is 460 g/mol. The highest BCUT2D eigenvalue weighted by Gasteiger charge is 2.60.